The minimum Gasteiger partial charge on any atom is -0.492 e. The van der Waals surface area contributed by atoms with E-state index in [9.17, 15) is 4.79 Å². The van der Waals surface area contributed by atoms with Gasteiger partial charge in [0.1, 0.15) is 17.2 Å². The molecule has 0 atom stereocenters. The number of likely N-dealkylation sites (N-methyl/N-ethyl adjacent to an activating group) is 1. The van der Waals surface area contributed by atoms with Crippen LogP contribution < -0.4 is 10.5 Å². The Morgan fingerprint density at radius 2 is 2.05 bits per heavy atom. The molecule has 1 heterocycles. The first-order valence-corrected chi connectivity index (χ1v) is 8.03. The maximum atomic E-state index is 12.3. The molecule has 6 heteroatoms. The van der Waals surface area contributed by atoms with E-state index in [0.29, 0.717) is 28.9 Å². The molecule has 0 radical (unpaired) electrons. The van der Waals surface area contributed by atoms with Crippen LogP contribution in [0.4, 0.5) is 5.13 Å². The van der Waals surface area contributed by atoms with Gasteiger partial charge in [-0.2, -0.15) is 0 Å². The third kappa shape index (κ3) is 3.98. The number of carbonyl (C=O) groups excluding carboxylic acids is 1. The predicted octanol–water partition coefficient (Wildman–Crippen LogP) is 2.75. The fraction of sp³-hybridized carbons (Fsp3) is 0.375. The van der Waals surface area contributed by atoms with Crippen molar-refractivity contribution in [3.8, 4) is 5.75 Å². The summed E-state index contributed by atoms with van der Waals surface area (Å²) in [5.41, 5.74) is 7.58. The predicted molar refractivity (Wildman–Crippen MR) is 89.5 cm³/mol. The second kappa shape index (κ2) is 7.26. The molecule has 2 N–H and O–H groups in total. The van der Waals surface area contributed by atoms with E-state index in [0.717, 1.165) is 12.2 Å². The third-order valence-corrected chi connectivity index (χ3v) is 4.36. The molecule has 0 saturated heterocycles. The molecule has 0 aliphatic carbocycles. The van der Waals surface area contributed by atoms with Crippen molar-refractivity contribution in [1.29, 1.82) is 0 Å². The van der Waals surface area contributed by atoms with Gasteiger partial charge in [-0.05, 0) is 31.0 Å². The highest BCUT2D eigenvalue weighted by molar-refractivity contribution is 7.17. The number of amides is 1. The number of anilines is 1. The Balaban J connectivity index is 1.85. The first-order valence-electron chi connectivity index (χ1n) is 7.21. The minimum absolute atomic E-state index is 0.0726. The van der Waals surface area contributed by atoms with Crippen LogP contribution in [-0.4, -0.2) is 36.0 Å². The number of nitrogen functional groups attached to an aromatic ring is 1. The molecule has 5 nitrogen and oxygen atoms in total. The van der Waals surface area contributed by atoms with Crippen molar-refractivity contribution in [1.82, 2.24) is 9.88 Å². The number of aromatic nitrogens is 1. The molecule has 1 aromatic carbocycles. The van der Waals surface area contributed by atoms with Crippen LogP contribution in [0.25, 0.3) is 0 Å². The smallest absolute Gasteiger partial charge is 0.265 e. The van der Waals surface area contributed by atoms with Crippen LogP contribution in [0.15, 0.2) is 24.3 Å². The Kier molecular flexibility index (Phi) is 5.38. The quantitative estimate of drug-likeness (QED) is 0.889. The number of thiazole rings is 1. The minimum atomic E-state index is -0.0726. The first-order chi connectivity index (χ1) is 10.5. The highest BCUT2D eigenvalue weighted by Crippen LogP contribution is 2.21. The number of aryl methyl sites for hydroxylation is 2. The number of hydrogen-bond donors (Lipinski definition) is 1. The van der Waals surface area contributed by atoms with Crippen molar-refractivity contribution in [3.05, 3.63) is 40.4 Å². The molecule has 22 heavy (non-hydrogen) atoms. The lowest BCUT2D eigenvalue weighted by Gasteiger charge is -2.17. The summed E-state index contributed by atoms with van der Waals surface area (Å²) < 4.78 is 5.67. The zero-order valence-corrected chi connectivity index (χ0v) is 13.9. The molecule has 0 spiro atoms. The van der Waals surface area contributed by atoms with Crippen LogP contribution >= 0.6 is 11.3 Å². The van der Waals surface area contributed by atoms with E-state index in [4.69, 9.17) is 10.5 Å². The van der Waals surface area contributed by atoms with Gasteiger partial charge in [0.05, 0.1) is 12.2 Å². The van der Waals surface area contributed by atoms with Crippen molar-refractivity contribution in [2.24, 2.45) is 0 Å². The fourth-order valence-electron chi connectivity index (χ4n) is 2.01. The van der Waals surface area contributed by atoms with Crippen molar-refractivity contribution < 1.29 is 9.53 Å². The van der Waals surface area contributed by atoms with Crippen molar-refractivity contribution in [2.75, 3.05) is 25.9 Å². The summed E-state index contributed by atoms with van der Waals surface area (Å²) in [7, 11) is 1.75. The summed E-state index contributed by atoms with van der Waals surface area (Å²) in [6.45, 7) is 4.86. The third-order valence-electron chi connectivity index (χ3n) is 3.38. The molecule has 2 rings (SSSR count). The molecule has 0 aliphatic heterocycles. The van der Waals surface area contributed by atoms with E-state index < -0.39 is 0 Å². The van der Waals surface area contributed by atoms with Crippen LogP contribution in [0, 0.1) is 6.92 Å². The summed E-state index contributed by atoms with van der Waals surface area (Å²) in [5.74, 6) is 0.743. The van der Waals surface area contributed by atoms with Gasteiger partial charge >= 0.3 is 0 Å². The molecule has 0 bridgehead atoms. The van der Waals surface area contributed by atoms with E-state index in [1.165, 1.54) is 16.9 Å². The first kappa shape index (κ1) is 16.3. The van der Waals surface area contributed by atoms with Crippen molar-refractivity contribution >= 4 is 22.4 Å². The second-order valence-corrected chi connectivity index (χ2v) is 6.07. The van der Waals surface area contributed by atoms with E-state index in [1.54, 1.807) is 18.9 Å². The topological polar surface area (TPSA) is 68.5 Å². The average Bonchev–Trinajstić information content (AvgIpc) is 2.85. The van der Waals surface area contributed by atoms with Crippen LogP contribution in [-0.2, 0) is 6.42 Å². The standard InChI is InChI=1S/C16H21N3O2S/c1-4-12-5-7-13(8-6-12)21-10-9-19(3)15(20)14-11(2)18-16(17)22-14/h5-8H,4,9-10H2,1-3H3,(H2,17,18). The van der Waals surface area contributed by atoms with Gasteiger partial charge in [-0.3, -0.25) is 4.79 Å². The maximum Gasteiger partial charge on any atom is 0.265 e. The highest BCUT2D eigenvalue weighted by atomic mass is 32.1. The molecule has 2 aromatic rings. The van der Waals surface area contributed by atoms with E-state index in [1.807, 2.05) is 24.3 Å². The van der Waals surface area contributed by atoms with Crippen LogP contribution in [0.3, 0.4) is 0 Å². The second-order valence-electron chi connectivity index (χ2n) is 5.04. The summed E-state index contributed by atoms with van der Waals surface area (Å²) in [5, 5.41) is 0.418. The summed E-state index contributed by atoms with van der Waals surface area (Å²) >= 11 is 1.22. The zero-order chi connectivity index (χ0) is 16.1. The van der Waals surface area contributed by atoms with Crippen LogP contribution in [0.5, 0.6) is 5.75 Å². The van der Waals surface area contributed by atoms with Crippen molar-refractivity contribution in [2.45, 2.75) is 20.3 Å². The van der Waals surface area contributed by atoms with E-state index in [2.05, 4.69) is 11.9 Å². The Morgan fingerprint density at radius 3 is 2.59 bits per heavy atom. The molecule has 0 saturated carbocycles. The number of benzene rings is 1. The Hall–Kier alpha value is -2.08. The van der Waals surface area contributed by atoms with Gasteiger partial charge in [-0.15, -0.1) is 0 Å². The summed E-state index contributed by atoms with van der Waals surface area (Å²) in [6.07, 6.45) is 1.01. The van der Waals surface area contributed by atoms with E-state index >= 15 is 0 Å². The van der Waals surface area contributed by atoms with Gasteiger partial charge in [-0.25, -0.2) is 4.98 Å². The lowest BCUT2D eigenvalue weighted by Crippen LogP contribution is -2.30. The number of hydrogen-bond acceptors (Lipinski definition) is 5. The molecule has 0 unspecified atom stereocenters. The van der Waals surface area contributed by atoms with Gasteiger partial charge in [0.2, 0.25) is 0 Å². The number of rotatable bonds is 6. The molecule has 118 valence electrons. The maximum absolute atomic E-state index is 12.3. The Labute approximate surface area is 134 Å². The summed E-state index contributed by atoms with van der Waals surface area (Å²) in [4.78, 5) is 18.6. The molecule has 0 fully saturated rings. The Bertz CT molecular complexity index is 637. The van der Waals surface area contributed by atoms with Gasteiger partial charge in [0.15, 0.2) is 5.13 Å². The average molecular weight is 319 g/mol. The number of nitrogens with zero attached hydrogens (tertiary/aromatic N) is 2. The normalized spacial score (nSPS) is 10.5. The van der Waals surface area contributed by atoms with Crippen LogP contribution in [0.1, 0.15) is 27.9 Å². The van der Waals surface area contributed by atoms with E-state index in [-0.39, 0.29) is 5.91 Å². The molecule has 1 aromatic heterocycles. The highest BCUT2D eigenvalue weighted by Gasteiger charge is 2.18. The SMILES string of the molecule is CCc1ccc(OCCN(C)C(=O)c2sc(N)nc2C)cc1. The fourth-order valence-corrected chi connectivity index (χ4v) is 2.84. The molecular weight excluding hydrogens is 298 g/mol. The van der Waals surface area contributed by atoms with Gasteiger partial charge in [-0.1, -0.05) is 30.4 Å². The van der Waals surface area contributed by atoms with Crippen LogP contribution in [0.2, 0.25) is 0 Å². The van der Waals surface area contributed by atoms with Crippen molar-refractivity contribution in [3.63, 3.8) is 0 Å². The van der Waals surface area contributed by atoms with Gasteiger partial charge < -0.3 is 15.4 Å². The van der Waals surface area contributed by atoms with Gasteiger partial charge in [0.25, 0.3) is 5.91 Å². The lowest BCUT2D eigenvalue weighted by atomic mass is 10.2. The number of ether oxygens (including phenoxy) is 1. The van der Waals surface area contributed by atoms with Gasteiger partial charge in [0, 0.05) is 7.05 Å². The summed E-state index contributed by atoms with van der Waals surface area (Å²) in [6, 6.07) is 8.00. The lowest BCUT2D eigenvalue weighted by molar-refractivity contribution is 0.0777. The molecular formula is C16H21N3O2S. The Morgan fingerprint density at radius 1 is 1.36 bits per heavy atom. The monoisotopic (exact) mass is 319 g/mol. The number of nitrogens with two attached hydrogens (primary N) is 1. The molecule has 1 amide bonds. The zero-order valence-electron chi connectivity index (χ0n) is 13.1. The number of carbonyl (C=O) groups is 1. The largest absolute Gasteiger partial charge is 0.492 e. The molecule has 0 aliphatic rings.